The van der Waals surface area contributed by atoms with Crippen LogP contribution in [0.5, 0.6) is 0 Å². The molecule has 10 nitrogen and oxygen atoms in total. The highest BCUT2D eigenvalue weighted by Crippen LogP contribution is 2.27. The number of benzene rings is 2. The summed E-state index contributed by atoms with van der Waals surface area (Å²) in [5.74, 6) is -2.95. The summed E-state index contributed by atoms with van der Waals surface area (Å²) in [6.07, 6.45) is -1.30. The smallest absolute Gasteiger partial charge is 0.329 e. The lowest BCUT2D eigenvalue weighted by Crippen LogP contribution is -2.45. The average Bonchev–Trinajstić information content (AvgIpc) is 2.99. The Morgan fingerprint density at radius 1 is 1.10 bits per heavy atom. The van der Waals surface area contributed by atoms with Gasteiger partial charge in [-0.05, 0) is 32.0 Å². The molecule has 0 radical (unpaired) electrons. The van der Waals surface area contributed by atoms with Crippen LogP contribution in [0.15, 0.2) is 42.5 Å². The number of rotatable bonds is 6. The fraction of sp³-hybridized carbons (Fsp3) is 0.200. The van der Waals surface area contributed by atoms with Gasteiger partial charge in [0, 0.05) is 12.1 Å². The van der Waals surface area contributed by atoms with Gasteiger partial charge in [0.2, 0.25) is 0 Å². The van der Waals surface area contributed by atoms with Gasteiger partial charge in [-0.2, -0.15) is 0 Å². The second-order valence-corrected chi connectivity index (χ2v) is 7.10. The molecule has 0 spiro atoms. The van der Waals surface area contributed by atoms with Crippen molar-refractivity contribution in [2.75, 3.05) is 5.32 Å². The van der Waals surface area contributed by atoms with Gasteiger partial charge in [0.25, 0.3) is 23.4 Å². The van der Waals surface area contributed by atoms with E-state index >= 15 is 0 Å². The maximum absolute atomic E-state index is 12.5. The van der Waals surface area contributed by atoms with Crippen molar-refractivity contribution in [1.29, 1.82) is 0 Å². The molecule has 3 rings (SSSR count). The molecular formula is C20H16ClN3O7. The first-order chi connectivity index (χ1) is 14.6. The number of imide groups is 1. The molecular weight excluding hydrogens is 430 g/mol. The lowest BCUT2D eigenvalue weighted by atomic mass is 10.1. The van der Waals surface area contributed by atoms with Crippen molar-refractivity contribution < 1.29 is 28.8 Å². The van der Waals surface area contributed by atoms with Gasteiger partial charge in [-0.1, -0.05) is 23.7 Å². The number of esters is 1. The summed E-state index contributed by atoms with van der Waals surface area (Å²) in [5, 5.41) is 13.1. The SMILES string of the molecule is CC(OC(=O)C(C)N1C(=O)c2ccccc2C1=O)C(=O)Nc1ccc([N+](=O)[O-])cc1Cl. The highest BCUT2D eigenvalue weighted by Gasteiger charge is 2.41. The zero-order valence-electron chi connectivity index (χ0n) is 16.3. The number of nitrogens with zero attached hydrogens (tertiary/aromatic N) is 2. The van der Waals surface area contributed by atoms with Crippen molar-refractivity contribution in [2.45, 2.75) is 26.0 Å². The average molecular weight is 446 g/mol. The highest BCUT2D eigenvalue weighted by atomic mass is 35.5. The fourth-order valence-electron chi connectivity index (χ4n) is 2.94. The number of nitro groups is 1. The van der Waals surface area contributed by atoms with Crippen LogP contribution in [0.3, 0.4) is 0 Å². The first kappa shape index (κ1) is 21.9. The van der Waals surface area contributed by atoms with E-state index in [4.69, 9.17) is 16.3 Å². The zero-order valence-corrected chi connectivity index (χ0v) is 17.1. The fourth-order valence-corrected chi connectivity index (χ4v) is 3.17. The molecule has 0 aliphatic carbocycles. The number of ether oxygens (including phenoxy) is 1. The van der Waals surface area contributed by atoms with Gasteiger partial charge in [0.05, 0.1) is 26.8 Å². The molecule has 2 unspecified atom stereocenters. The zero-order chi connectivity index (χ0) is 22.9. The van der Waals surface area contributed by atoms with Crippen molar-refractivity contribution in [2.24, 2.45) is 0 Å². The summed E-state index contributed by atoms with van der Waals surface area (Å²) in [6, 6.07) is 8.38. The maximum Gasteiger partial charge on any atom is 0.329 e. The third kappa shape index (κ3) is 4.24. The highest BCUT2D eigenvalue weighted by molar-refractivity contribution is 6.34. The van der Waals surface area contributed by atoms with Crippen LogP contribution in [0.1, 0.15) is 34.6 Å². The summed E-state index contributed by atoms with van der Waals surface area (Å²) in [7, 11) is 0. The summed E-state index contributed by atoms with van der Waals surface area (Å²) >= 11 is 5.93. The van der Waals surface area contributed by atoms with E-state index in [1.807, 2.05) is 0 Å². The standard InChI is InChI=1S/C20H16ClN3O7/c1-10(23-18(26)13-5-3-4-6-14(13)19(23)27)20(28)31-11(2)17(25)22-16-8-7-12(24(29)30)9-15(16)21/h3-11H,1-2H3,(H,22,25). The van der Waals surface area contributed by atoms with Crippen LogP contribution in [0.4, 0.5) is 11.4 Å². The lowest BCUT2D eigenvalue weighted by molar-refractivity contribution is -0.384. The Morgan fingerprint density at radius 2 is 1.68 bits per heavy atom. The molecule has 1 heterocycles. The van der Waals surface area contributed by atoms with Gasteiger partial charge in [-0.15, -0.1) is 0 Å². The Kier molecular flexibility index (Phi) is 6.02. The van der Waals surface area contributed by atoms with Gasteiger partial charge in [0.15, 0.2) is 6.10 Å². The number of hydrogen-bond donors (Lipinski definition) is 1. The molecule has 0 saturated heterocycles. The van der Waals surface area contributed by atoms with Crippen LogP contribution in [0, 0.1) is 10.1 Å². The van der Waals surface area contributed by atoms with Gasteiger partial charge in [0.1, 0.15) is 6.04 Å². The van der Waals surface area contributed by atoms with E-state index in [2.05, 4.69) is 5.32 Å². The molecule has 31 heavy (non-hydrogen) atoms. The molecule has 2 aromatic carbocycles. The van der Waals surface area contributed by atoms with Crippen LogP contribution < -0.4 is 5.32 Å². The van der Waals surface area contributed by atoms with Crippen LogP contribution >= 0.6 is 11.6 Å². The van der Waals surface area contributed by atoms with Crippen LogP contribution in [-0.4, -0.2) is 45.7 Å². The molecule has 1 aliphatic heterocycles. The first-order valence-corrected chi connectivity index (χ1v) is 9.41. The third-order valence-electron chi connectivity index (χ3n) is 4.64. The molecule has 11 heteroatoms. The second kappa shape index (κ2) is 8.52. The molecule has 0 bridgehead atoms. The Balaban J connectivity index is 1.65. The van der Waals surface area contributed by atoms with Gasteiger partial charge in [-0.25, -0.2) is 4.79 Å². The van der Waals surface area contributed by atoms with Crippen molar-refractivity contribution in [3.05, 3.63) is 68.7 Å². The maximum atomic E-state index is 12.5. The minimum atomic E-state index is -1.30. The molecule has 2 atom stereocenters. The van der Waals surface area contributed by atoms with E-state index < -0.39 is 40.8 Å². The molecule has 1 N–H and O–H groups in total. The Bertz CT molecular complexity index is 1080. The predicted molar refractivity (Wildman–Crippen MR) is 109 cm³/mol. The lowest BCUT2D eigenvalue weighted by Gasteiger charge is -2.22. The Hall–Kier alpha value is -3.79. The first-order valence-electron chi connectivity index (χ1n) is 9.04. The third-order valence-corrected chi connectivity index (χ3v) is 4.95. The molecule has 0 saturated carbocycles. The normalized spacial score (nSPS) is 14.6. The van der Waals surface area contributed by atoms with Crippen LogP contribution in [0.25, 0.3) is 0 Å². The van der Waals surface area contributed by atoms with Crippen molar-refractivity contribution in [1.82, 2.24) is 4.90 Å². The van der Waals surface area contributed by atoms with Crippen molar-refractivity contribution >= 4 is 46.7 Å². The molecule has 1 aliphatic rings. The Morgan fingerprint density at radius 3 is 2.19 bits per heavy atom. The molecule has 160 valence electrons. The number of halogens is 1. The van der Waals surface area contributed by atoms with E-state index in [9.17, 15) is 29.3 Å². The molecule has 0 fully saturated rings. The topological polar surface area (TPSA) is 136 Å². The van der Waals surface area contributed by atoms with Gasteiger partial charge >= 0.3 is 5.97 Å². The van der Waals surface area contributed by atoms with E-state index in [0.29, 0.717) is 0 Å². The molecule has 0 aromatic heterocycles. The number of nitro benzene ring substituents is 1. The van der Waals surface area contributed by atoms with E-state index in [0.717, 1.165) is 17.0 Å². The molecule has 3 amide bonds. The largest absolute Gasteiger partial charge is 0.451 e. The summed E-state index contributed by atoms with van der Waals surface area (Å²) in [5.41, 5.74) is 0.210. The monoisotopic (exact) mass is 445 g/mol. The second-order valence-electron chi connectivity index (χ2n) is 6.69. The number of carbonyl (C=O) groups excluding carboxylic acids is 4. The van der Waals surface area contributed by atoms with Gasteiger partial charge < -0.3 is 10.1 Å². The number of nitrogens with one attached hydrogen (secondary N) is 1. The minimum Gasteiger partial charge on any atom is -0.451 e. The minimum absolute atomic E-state index is 0.0690. The van der Waals surface area contributed by atoms with E-state index in [1.54, 1.807) is 12.1 Å². The van der Waals surface area contributed by atoms with Crippen LogP contribution in [-0.2, 0) is 14.3 Å². The summed E-state index contributed by atoms with van der Waals surface area (Å²) in [4.78, 5) is 60.7. The van der Waals surface area contributed by atoms with Crippen molar-refractivity contribution in [3.63, 3.8) is 0 Å². The number of hydrogen-bond acceptors (Lipinski definition) is 7. The number of amides is 3. The van der Waals surface area contributed by atoms with E-state index in [-0.39, 0.29) is 27.5 Å². The van der Waals surface area contributed by atoms with E-state index in [1.165, 1.54) is 32.0 Å². The Labute approximate surface area is 180 Å². The van der Waals surface area contributed by atoms with Gasteiger partial charge in [-0.3, -0.25) is 29.4 Å². The number of carbonyl (C=O) groups is 4. The number of non-ortho nitro benzene ring substituents is 1. The number of anilines is 1. The predicted octanol–water partition coefficient (Wildman–Crippen LogP) is 2.80. The summed E-state index contributed by atoms with van der Waals surface area (Å²) in [6.45, 7) is 2.61. The summed E-state index contributed by atoms with van der Waals surface area (Å²) < 4.78 is 5.11. The quantitative estimate of drug-likeness (QED) is 0.312. The van der Waals surface area contributed by atoms with Crippen LogP contribution in [0.2, 0.25) is 5.02 Å². The molecule has 2 aromatic rings. The van der Waals surface area contributed by atoms with Crippen molar-refractivity contribution in [3.8, 4) is 0 Å². The number of fused-ring (bicyclic) bond motifs is 1.